The predicted octanol–water partition coefficient (Wildman–Crippen LogP) is 4.68. The number of anilines is 2. The van der Waals surface area contributed by atoms with Crippen LogP contribution in [0.5, 0.6) is 0 Å². The molecule has 0 aliphatic heterocycles. The van der Waals surface area contributed by atoms with Crippen LogP contribution in [0.25, 0.3) is 0 Å². The first kappa shape index (κ1) is 14.7. The summed E-state index contributed by atoms with van der Waals surface area (Å²) in [7, 11) is 0. The zero-order valence-electron chi connectivity index (χ0n) is 10.2. The monoisotopic (exact) mass is 295 g/mol. The Kier molecular flexibility index (Phi) is 5.17. The van der Waals surface area contributed by atoms with E-state index < -0.39 is 0 Å². The van der Waals surface area contributed by atoms with Gasteiger partial charge in [0.1, 0.15) is 15.9 Å². The molecule has 0 atom stereocenters. The molecule has 0 amide bonds. The normalized spacial score (nSPS) is 11.1. The Morgan fingerprint density at radius 1 is 0.882 bits per heavy atom. The fourth-order valence-corrected chi connectivity index (χ4v) is 1.96. The van der Waals surface area contributed by atoms with E-state index in [4.69, 9.17) is 34.8 Å². The Balaban J connectivity index is 3.22. The second kappa shape index (κ2) is 5.98. The number of rotatable bonds is 4. The van der Waals surface area contributed by atoms with Crippen LogP contribution in [0.4, 0.5) is 11.5 Å². The summed E-state index contributed by atoms with van der Waals surface area (Å²) in [4.78, 5) is 4.13. The highest BCUT2D eigenvalue weighted by Gasteiger charge is 2.17. The maximum atomic E-state index is 6.24. The Labute approximate surface area is 117 Å². The molecule has 0 radical (unpaired) electrons. The minimum Gasteiger partial charge on any atom is -0.380 e. The SMILES string of the molecule is CC(C)Nc1nc(Cl)c(Cl)c(NC(C)C)c1Cl. The van der Waals surface area contributed by atoms with Crippen LogP contribution in [-0.4, -0.2) is 17.1 Å². The van der Waals surface area contributed by atoms with Gasteiger partial charge in [-0.25, -0.2) is 4.98 Å². The van der Waals surface area contributed by atoms with Gasteiger partial charge in [-0.05, 0) is 27.7 Å². The molecule has 0 aromatic carbocycles. The first-order chi connectivity index (χ1) is 7.82. The van der Waals surface area contributed by atoms with E-state index in [2.05, 4.69) is 15.6 Å². The number of aromatic nitrogens is 1. The van der Waals surface area contributed by atoms with Gasteiger partial charge < -0.3 is 10.6 Å². The van der Waals surface area contributed by atoms with Gasteiger partial charge in [-0.2, -0.15) is 0 Å². The van der Waals surface area contributed by atoms with Gasteiger partial charge in [0.05, 0.1) is 5.69 Å². The maximum Gasteiger partial charge on any atom is 0.152 e. The lowest BCUT2D eigenvalue weighted by molar-refractivity contribution is 0.884. The number of hydrogen-bond acceptors (Lipinski definition) is 3. The van der Waals surface area contributed by atoms with Crippen molar-refractivity contribution < 1.29 is 0 Å². The van der Waals surface area contributed by atoms with Gasteiger partial charge in [0.15, 0.2) is 5.15 Å². The van der Waals surface area contributed by atoms with Crippen molar-refractivity contribution in [1.29, 1.82) is 0 Å². The number of hydrogen-bond donors (Lipinski definition) is 2. The molecule has 0 spiro atoms. The standard InChI is InChI=1S/C11H16Cl3N3/c1-5(2)15-9-7(12)10(14)17-11(8(9)13)16-6(3)4/h5-6H,1-4H3,(H2,15,16,17). The highest BCUT2D eigenvalue weighted by Crippen LogP contribution is 2.39. The highest BCUT2D eigenvalue weighted by atomic mass is 35.5. The molecule has 0 aliphatic carbocycles. The van der Waals surface area contributed by atoms with Crippen LogP contribution in [0.2, 0.25) is 15.2 Å². The molecule has 6 heteroatoms. The van der Waals surface area contributed by atoms with Crippen LogP contribution in [0.15, 0.2) is 0 Å². The van der Waals surface area contributed by atoms with E-state index in [-0.39, 0.29) is 17.2 Å². The average molecular weight is 297 g/mol. The third-order valence-corrected chi connectivity index (χ3v) is 3.00. The van der Waals surface area contributed by atoms with E-state index in [0.29, 0.717) is 21.6 Å². The molecular weight excluding hydrogens is 281 g/mol. The van der Waals surface area contributed by atoms with Crippen LogP contribution in [0.1, 0.15) is 27.7 Å². The molecule has 0 fully saturated rings. The molecular formula is C11H16Cl3N3. The quantitative estimate of drug-likeness (QED) is 0.792. The molecule has 0 unspecified atom stereocenters. The summed E-state index contributed by atoms with van der Waals surface area (Å²) in [5, 5.41) is 7.34. The Morgan fingerprint density at radius 3 is 1.88 bits per heavy atom. The van der Waals surface area contributed by atoms with Crippen molar-refractivity contribution in [2.24, 2.45) is 0 Å². The van der Waals surface area contributed by atoms with Crippen molar-refractivity contribution in [3.05, 3.63) is 15.2 Å². The smallest absolute Gasteiger partial charge is 0.152 e. The van der Waals surface area contributed by atoms with Crippen molar-refractivity contribution in [3.8, 4) is 0 Å². The van der Waals surface area contributed by atoms with Crippen LogP contribution in [0.3, 0.4) is 0 Å². The maximum absolute atomic E-state index is 6.24. The van der Waals surface area contributed by atoms with Crippen molar-refractivity contribution in [1.82, 2.24) is 4.98 Å². The lowest BCUT2D eigenvalue weighted by atomic mass is 10.3. The fraction of sp³-hybridized carbons (Fsp3) is 0.545. The van der Waals surface area contributed by atoms with Gasteiger partial charge in [0.2, 0.25) is 0 Å². The molecule has 1 aromatic rings. The molecule has 1 heterocycles. The van der Waals surface area contributed by atoms with Crippen LogP contribution >= 0.6 is 34.8 Å². The van der Waals surface area contributed by atoms with E-state index in [1.807, 2.05) is 27.7 Å². The lowest BCUT2D eigenvalue weighted by Gasteiger charge is -2.18. The molecule has 96 valence electrons. The summed E-state index contributed by atoms with van der Waals surface area (Å²) in [6.07, 6.45) is 0. The Hall–Kier alpha value is -0.380. The van der Waals surface area contributed by atoms with Gasteiger partial charge in [0.25, 0.3) is 0 Å². The highest BCUT2D eigenvalue weighted by molar-refractivity contribution is 6.46. The topological polar surface area (TPSA) is 37.0 Å². The van der Waals surface area contributed by atoms with Crippen molar-refractivity contribution in [3.63, 3.8) is 0 Å². The van der Waals surface area contributed by atoms with E-state index in [9.17, 15) is 0 Å². The molecule has 0 bridgehead atoms. The van der Waals surface area contributed by atoms with Gasteiger partial charge >= 0.3 is 0 Å². The summed E-state index contributed by atoms with van der Waals surface area (Å²) in [6, 6.07) is 0.416. The zero-order chi connectivity index (χ0) is 13.2. The van der Waals surface area contributed by atoms with Crippen molar-refractivity contribution in [2.75, 3.05) is 10.6 Å². The summed E-state index contributed by atoms with van der Waals surface area (Å²) >= 11 is 18.3. The molecule has 0 saturated heterocycles. The third-order valence-electron chi connectivity index (χ3n) is 1.90. The minimum atomic E-state index is 0.204. The fourth-order valence-electron chi connectivity index (χ4n) is 1.30. The first-order valence-electron chi connectivity index (χ1n) is 5.40. The summed E-state index contributed by atoms with van der Waals surface area (Å²) < 4.78 is 0. The average Bonchev–Trinajstić information content (AvgIpc) is 2.20. The number of nitrogens with zero attached hydrogens (tertiary/aromatic N) is 1. The molecule has 0 aliphatic rings. The molecule has 17 heavy (non-hydrogen) atoms. The van der Waals surface area contributed by atoms with Crippen LogP contribution in [0, 0.1) is 0 Å². The van der Waals surface area contributed by atoms with Gasteiger partial charge in [-0.15, -0.1) is 0 Å². The number of halogens is 3. The van der Waals surface area contributed by atoms with Gasteiger partial charge in [0, 0.05) is 12.1 Å². The van der Waals surface area contributed by atoms with Crippen molar-refractivity contribution >= 4 is 46.3 Å². The number of nitrogens with one attached hydrogen (secondary N) is 2. The number of pyridine rings is 1. The summed E-state index contributed by atoms with van der Waals surface area (Å²) in [6.45, 7) is 7.99. The van der Waals surface area contributed by atoms with E-state index in [1.165, 1.54) is 0 Å². The third kappa shape index (κ3) is 3.80. The van der Waals surface area contributed by atoms with Gasteiger partial charge in [-0.1, -0.05) is 34.8 Å². The van der Waals surface area contributed by atoms with Crippen molar-refractivity contribution in [2.45, 2.75) is 39.8 Å². The second-order valence-electron chi connectivity index (χ2n) is 4.35. The molecule has 1 aromatic heterocycles. The van der Waals surface area contributed by atoms with E-state index in [1.54, 1.807) is 0 Å². The predicted molar refractivity (Wildman–Crippen MR) is 76.8 cm³/mol. The first-order valence-corrected chi connectivity index (χ1v) is 6.53. The minimum absolute atomic E-state index is 0.204. The summed E-state index contributed by atoms with van der Waals surface area (Å²) in [5.74, 6) is 0.541. The Bertz CT molecular complexity index is 405. The largest absolute Gasteiger partial charge is 0.380 e. The van der Waals surface area contributed by atoms with Crippen LogP contribution in [-0.2, 0) is 0 Å². The summed E-state index contributed by atoms with van der Waals surface area (Å²) in [5.41, 5.74) is 0.617. The van der Waals surface area contributed by atoms with Crippen LogP contribution < -0.4 is 10.6 Å². The Morgan fingerprint density at radius 2 is 1.41 bits per heavy atom. The molecule has 3 nitrogen and oxygen atoms in total. The molecule has 2 N–H and O–H groups in total. The molecule has 1 rings (SSSR count). The van der Waals surface area contributed by atoms with E-state index >= 15 is 0 Å². The van der Waals surface area contributed by atoms with Gasteiger partial charge in [-0.3, -0.25) is 0 Å². The molecule has 0 saturated carbocycles. The lowest BCUT2D eigenvalue weighted by Crippen LogP contribution is -2.15. The van der Waals surface area contributed by atoms with E-state index in [0.717, 1.165) is 0 Å². The second-order valence-corrected chi connectivity index (χ2v) is 5.47. The zero-order valence-corrected chi connectivity index (χ0v) is 12.5.